The molecule has 0 aliphatic carbocycles. The highest BCUT2D eigenvalue weighted by molar-refractivity contribution is 5.34. The summed E-state index contributed by atoms with van der Waals surface area (Å²) < 4.78 is 0. The molecule has 1 atom stereocenters. The molecule has 0 aliphatic heterocycles. The Kier molecular flexibility index (Phi) is 3.21. The van der Waals surface area contributed by atoms with Gasteiger partial charge in [-0.1, -0.05) is 0 Å². The first-order valence-corrected chi connectivity index (χ1v) is 4.14. The van der Waals surface area contributed by atoms with Gasteiger partial charge in [-0.05, 0) is 13.8 Å². The zero-order valence-corrected chi connectivity index (χ0v) is 7.78. The van der Waals surface area contributed by atoms with Gasteiger partial charge >= 0.3 is 0 Å². The summed E-state index contributed by atoms with van der Waals surface area (Å²) in [6.07, 6.45) is 1.51. The lowest BCUT2D eigenvalue weighted by molar-refractivity contribution is 0.782. The van der Waals surface area contributed by atoms with Crippen LogP contribution in [0.25, 0.3) is 0 Å². The fraction of sp³-hybridized carbons (Fsp3) is 0.444. The van der Waals surface area contributed by atoms with E-state index in [1.165, 1.54) is 6.33 Å². The Morgan fingerprint density at radius 1 is 1.62 bits per heavy atom. The minimum Gasteiger partial charge on any atom is -0.369 e. The summed E-state index contributed by atoms with van der Waals surface area (Å²) in [6.45, 7) is 4.38. The van der Waals surface area contributed by atoms with Crippen LogP contribution in [-0.2, 0) is 0 Å². The van der Waals surface area contributed by atoms with E-state index in [2.05, 4.69) is 21.4 Å². The second-order valence-electron chi connectivity index (χ2n) is 2.96. The molecule has 13 heavy (non-hydrogen) atoms. The van der Waals surface area contributed by atoms with Gasteiger partial charge in [-0.15, -0.1) is 0 Å². The van der Waals surface area contributed by atoms with Crippen LogP contribution in [-0.4, -0.2) is 16.5 Å². The van der Waals surface area contributed by atoms with Gasteiger partial charge in [0, 0.05) is 18.3 Å². The minimum atomic E-state index is -0.00438. The molecule has 0 saturated carbocycles. The number of aryl methyl sites for hydroxylation is 1. The van der Waals surface area contributed by atoms with E-state index in [0.29, 0.717) is 6.54 Å². The Labute approximate surface area is 77.6 Å². The second-order valence-corrected chi connectivity index (χ2v) is 2.96. The number of hydrogen-bond acceptors (Lipinski definition) is 4. The van der Waals surface area contributed by atoms with Crippen LogP contribution < -0.4 is 5.32 Å². The summed E-state index contributed by atoms with van der Waals surface area (Å²) in [6, 6.07) is 4.00. The molecular weight excluding hydrogens is 164 g/mol. The van der Waals surface area contributed by atoms with E-state index < -0.39 is 0 Å². The Morgan fingerprint density at radius 2 is 2.38 bits per heavy atom. The first-order chi connectivity index (χ1) is 6.22. The van der Waals surface area contributed by atoms with Gasteiger partial charge in [0.05, 0.1) is 12.0 Å². The molecule has 0 amide bonds. The summed E-state index contributed by atoms with van der Waals surface area (Å²) >= 11 is 0. The first-order valence-electron chi connectivity index (χ1n) is 4.14. The predicted octanol–water partition coefficient (Wildman–Crippen LogP) is 1.36. The number of anilines is 1. The van der Waals surface area contributed by atoms with Gasteiger partial charge in [0.25, 0.3) is 0 Å². The molecular formula is C9H12N4. The molecule has 1 rings (SSSR count). The summed E-state index contributed by atoms with van der Waals surface area (Å²) in [5.41, 5.74) is 0.919. The summed E-state index contributed by atoms with van der Waals surface area (Å²) in [4.78, 5) is 7.99. The van der Waals surface area contributed by atoms with E-state index in [4.69, 9.17) is 5.26 Å². The van der Waals surface area contributed by atoms with Crippen molar-refractivity contribution in [2.45, 2.75) is 13.8 Å². The van der Waals surface area contributed by atoms with Crippen molar-refractivity contribution in [3.8, 4) is 6.07 Å². The van der Waals surface area contributed by atoms with Gasteiger partial charge < -0.3 is 5.32 Å². The van der Waals surface area contributed by atoms with Gasteiger partial charge in [-0.3, -0.25) is 0 Å². The number of nitrogens with zero attached hydrogens (tertiary/aromatic N) is 3. The monoisotopic (exact) mass is 176 g/mol. The third kappa shape index (κ3) is 3.08. The lowest BCUT2D eigenvalue weighted by Crippen LogP contribution is -2.10. The topological polar surface area (TPSA) is 61.6 Å². The molecule has 1 N–H and O–H groups in total. The second kappa shape index (κ2) is 4.41. The number of rotatable bonds is 3. The van der Waals surface area contributed by atoms with Crippen LogP contribution in [0.5, 0.6) is 0 Å². The first kappa shape index (κ1) is 9.46. The highest BCUT2D eigenvalue weighted by Gasteiger charge is 1.99. The van der Waals surface area contributed by atoms with E-state index in [1.807, 2.05) is 19.9 Å². The zero-order chi connectivity index (χ0) is 9.68. The van der Waals surface area contributed by atoms with Crippen LogP contribution in [0.15, 0.2) is 12.4 Å². The maximum atomic E-state index is 8.54. The largest absolute Gasteiger partial charge is 0.369 e. The summed E-state index contributed by atoms with van der Waals surface area (Å²) in [5, 5.41) is 11.6. The quantitative estimate of drug-likeness (QED) is 0.755. The zero-order valence-electron chi connectivity index (χ0n) is 7.78. The molecule has 0 saturated heterocycles. The van der Waals surface area contributed by atoms with E-state index in [-0.39, 0.29) is 5.92 Å². The third-order valence-electron chi connectivity index (χ3n) is 1.61. The van der Waals surface area contributed by atoms with Crippen molar-refractivity contribution in [3.05, 3.63) is 18.1 Å². The van der Waals surface area contributed by atoms with Gasteiger partial charge in [0.15, 0.2) is 0 Å². The Bertz CT molecular complexity index is 316. The molecule has 1 unspecified atom stereocenters. The average molecular weight is 176 g/mol. The third-order valence-corrected chi connectivity index (χ3v) is 1.61. The lowest BCUT2D eigenvalue weighted by atomic mass is 10.2. The normalized spacial score (nSPS) is 11.8. The number of nitrogens with one attached hydrogen (secondary N) is 1. The number of nitriles is 1. The predicted molar refractivity (Wildman–Crippen MR) is 50.0 cm³/mol. The molecule has 0 aliphatic rings. The fourth-order valence-electron chi connectivity index (χ4n) is 0.855. The van der Waals surface area contributed by atoms with Crippen molar-refractivity contribution in [1.82, 2.24) is 9.97 Å². The smallest absolute Gasteiger partial charge is 0.129 e. The molecule has 0 fully saturated rings. The SMILES string of the molecule is Cc1cc(NCC(C)C#N)ncn1. The fourth-order valence-corrected chi connectivity index (χ4v) is 0.855. The highest BCUT2D eigenvalue weighted by atomic mass is 15.0. The van der Waals surface area contributed by atoms with Crippen molar-refractivity contribution in [1.29, 1.82) is 5.26 Å². The van der Waals surface area contributed by atoms with Crippen LogP contribution in [0, 0.1) is 24.2 Å². The maximum absolute atomic E-state index is 8.54. The lowest BCUT2D eigenvalue weighted by Gasteiger charge is -2.05. The Balaban J connectivity index is 2.51. The van der Waals surface area contributed by atoms with Gasteiger partial charge in [0.1, 0.15) is 12.1 Å². The van der Waals surface area contributed by atoms with Crippen LogP contribution in [0.1, 0.15) is 12.6 Å². The molecule has 1 heterocycles. The maximum Gasteiger partial charge on any atom is 0.129 e. The summed E-state index contributed by atoms with van der Waals surface area (Å²) in [5.74, 6) is 0.768. The minimum absolute atomic E-state index is 0.00438. The van der Waals surface area contributed by atoms with Crippen LogP contribution >= 0.6 is 0 Å². The standard InChI is InChI=1S/C9H12N4/c1-7(4-10)5-11-9-3-8(2)12-6-13-9/h3,6-7H,5H2,1-2H3,(H,11,12,13). The molecule has 68 valence electrons. The van der Waals surface area contributed by atoms with Gasteiger partial charge in [-0.2, -0.15) is 5.26 Å². The highest BCUT2D eigenvalue weighted by Crippen LogP contribution is 2.03. The van der Waals surface area contributed by atoms with E-state index >= 15 is 0 Å². The van der Waals surface area contributed by atoms with Crippen LogP contribution in [0.3, 0.4) is 0 Å². The Hall–Kier alpha value is -1.63. The Morgan fingerprint density at radius 3 is 3.00 bits per heavy atom. The van der Waals surface area contributed by atoms with E-state index in [9.17, 15) is 0 Å². The number of aromatic nitrogens is 2. The molecule has 0 radical (unpaired) electrons. The molecule has 1 aromatic heterocycles. The molecule has 0 spiro atoms. The average Bonchev–Trinajstić information content (AvgIpc) is 2.14. The van der Waals surface area contributed by atoms with Crippen molar-refractivity contribution in [3.63, 3.8) is 0 Å². The molecule has 1 aromatic rings. The van der Waals surface area contributed by atoms with Crippen LogP contribution in [0.2, 0.25) is 0 Å². The van der Waals surface area contributed by atoms with Crippen molar-refractivity contribution in [2.75, 3.05) is 11.9 Å². The van der Waals surface area contributed by atoms with Crippen molar-refractivity contribution in [2.24, 2.45) is 5.92 Å². The molecule has 0 bridgehead atoms. The molecule has 4 nitrogen and oxygen atoms in total. The van der Waals surface area contributed by atoms with Gasteiger partial charge in [0.2, 0.25) is 0 Å². The van der Waals surface area contributed by atoms with Gasteiger partial charge in [-0.25, -0.2) is 9.97 Å². The van der Waals surface area contributed by atoms with Crippen molar-refractivity contribution >= 4 is 5.82 Å². The summed E-state index contributed by atoms with van der Waals surface area (Å²) in [7, 11) is 0. The van der Waals surface area contributed by atoms with E-state index in [1.54, 1.807) is 0 Å². The number of hydrogen-bond donors (Lipinski definition) is 1. The molecule has 4 heteroatoms. The van der Waals surface area contributed by atoms with Crippen LogP contribution in [0.4, 0.5) is 5.82 Å². The van der Waals surface area contributed by atoms with E-state index in [0.717, 1.165) is 11.5 Å². The van der Waals surface area contributed by atoms with Crippen molar-refractivity contribution < 1.29 is 0 Å². The molecule has 0 aromatic carbocycles.